The molecule has 0 aliphatic carbocycles. The van der Waals surface area contributed by atoms with Gasteiger partial charge in [-0.1, -0.05) is 48.5 Å². The van der Waals surface area contributed by atoms with Crippen molar-refractivity contribution in [2.24, 2.45) is 5.73 Å². The number of likely N-dealkylation sites (N-methyl/N-ethyl adjacent to an activating group) is 1. The Morgan fingerprint density at radius 2 is 1.75 bits per heavy atom. The molecule has 24 heavy (non-hydrogen) atoms. The third-order valence-corrected chi connectivity index (χ3v) is 5.06. The summed E-state index contributed by atoms with van der Waals surface area (Å²) in [5, 5.41) is 0. The van der Waals surface area contributed by atoms with Gasteiger partial charge in [0.1, 0.15) is 5.69 Å². The molecule has 0 spiro atoms. The van der Waals surface area contributed by atoms with Crippen LogP contribution in [0.1, 0.15) is 5.56 Å². The predicted molar refractivity (Wildman–Crippen MR) is 98.6 cm³/mol. The molecule has 1 aliphatic rings. The van der Waals surface area contributed by atoms with Crippen LogP contribution in [0.4, 0.5) is 5.69 Å². The monoisotopic (exact) mass is 324 g/mol. The SMILES string of the molecule is C[N+]1(c2ccccc2)CCN(CC(N)=O)C(Cc2ccccc2)C1. The first kappa shape index (κ1) is 16.7. The quantitative estimate of drug-likeness (QED) is 0.856. The molecule has 2 N–H and O–H groups in total. The molecule has 0 saturated carbocycles. The van der Waals surface area contributed by atoms with Gasteiger partial charge in [0.15, 0.2) is 0 Å². The van der Waals surface area contributed by atoms with Crippen molar-refractivity contribution in [3.05, 3.63) is 66.2 Å². The van der Waals surface area contributed by atoms with Crippen LogP contribution in [0.15, 0.2) is 60.7 Å². The standard InChI is InChI=1S/C20H25N3O/c1-23(19-10-6-3-7-11-19)13-12-22(15-20(21)24)18(16-23)14-17-8-4-2-5-9-17/h2-11,18H,12-16H2,1H3,(H-,21,24)/p+1. The van der Waals surface area contributed by atoms with Crippen molar-refractivity contribution < 1.29 is 4.79 Å². The molecule has 4 heteroatoms. The molecule has 0 bridgehead atoms. The third kappa shape index (κ3) is 3.83. The number of quaternary nitrogens is 1. The lowest BCUT2D eigenvalue weighted by Gasteiger charge is -2.46. The zero-order chi connectivity index (χ0) is 17.0. The summed E-state index contributed by atoms with van der Waals surface area (Å²) in [5.41, 5.74) is 8.10. The molecule has 1 fully saturated rings. The molecule has 2 aromatic carbocycles. The van der Waals surface area contributed by atoms with Gasteiger partial charge in [0.2, 0.25) is 5.91 Å². The zero-order valence-corrected chi connectivity index (χ0v) is 14.3. The molecule has 0 aromatic heterocycles. The highest BCUT2D eigenvalue weighted by Crippen LogP contribution is 2.26. The van der Waals surface area contributed by atoms with Crippen molar-refractivity contribution in [1.29, 1.82) is 0 Å². The highest BCUT2D eigenvalue weighted by molar-refractivity contribution is 5.76. The summed E-state index contributed by atoms with van der Waals surface area (Å²) in [6, 6.07) is 21.4. The molecular weight excluding hydrogens is 298 g/mol. The Labute approximate surface area is 144 Å². The topological polar surface area (TPSA) is 46.3 Å². The fourth-order valence-corrected chi connectivity index (χ4v) is 3.71. The van der Waals surface area contributed by atoms with Crippen molar-refractivity contribution in [3.8, 4) is 0 Å². The van der Waals surface area contributed by atoms with Crippen LogP contribution in [0.25, 0.3) is 0 Å². The van der Waals surface area contributed by atoms with E-state index in [0.717, 1.165) is 30.5 Å². The van der Waals surface area contributed by atoms with E-state index in [1.54, 1.807) is 0 Å². The Balaban J connectivity index is 1.82. The van der Waals surface area contributed by atoms with Crippen molar-refractivity contribution in [2.75, 3.05) is 33.2 Å². The molecule has 2 unspecified atom stereocenters. The largest absolute Gasteiger partial charge is 0.369 e. The lowest BCUT2D eigenvalue weighted by Crippen LogP contribution is -2.64. The van der Waals surface area contributed by atoms with Gasteiger partial charge in [0.25, 0.3) is 0 Å². The van der Waals surface area contributed by atoms with E-state index in [-0.39, 0.29) is 5.91 Å². The number of nitrogens with zero attached hydrogens (tertiary/aromatic N) is 2. The van der Waals surface area contributed by atoms with Crippen LogP contribution in [0.2, 0.25) is 0 Å². The van der Waals surface area contributed by atoms with Crippen LogP contribution >= 0.6 is 0 Å². The van der Waals surface area contributed by atoms with E-state index in [4.69, 9.17) is 5.73 Å². The second kappa shape index (κ2) is 7.16. The van der Waals surface area contributed by atoms with E-state index < -0.39 is 0 Å². The second-order valence-corrected chi connectivity index (χ2v) is 6.92. The molecule has 126 valence electrons. The van der Waals surface area contributed by atoms with Crippen LogP contribution in [-0.2, 0) is 11.2 Å². The van der Waals surface area contributed by atoms with Crippen molar-refractivity contribution in [1.82, 2.24) is 9.38 Å². The molecule has 2 aromatic rings. The second-order valence-electron chi connectivity index (χ2n) is 6.92. The predicted octanol–water partition coefficient (Wildman–Crippen LogP) is 2.04. The maximum Gasteiger partial charge on any atom is 0.231 e. The van der Waals surface area contributed by atoms with E-state index in [9.17, 15) is 4.79 Å². The fourth-order valence-electron chi connectivity index (χ4n) is 3.71. The van der Waals surface area contributed by atoms with E-state index >= 15 is 0 Å². The van der Waals surface area contributed by atoms with Gasteiger partial charge in [-0.3, -0.25) is 14.2 Å². The summed E-state index contributed by atoms with van der Waals surface area (Å²) in [6.45, 7) is 3.19. The molecule has 1 amide bonds. The summed E-state index contributed by atoms with van der Waals surface area (Å²) in [7, 11) is 2.29. The Morgan fingerprint density at radius 3 is 2.38 bits per heavy atom. The van der Waals surface area contributed by atoms with Crippen LogP contribution in [0.5, 0.6) is 0 Å². The first-order valence-corrected chi connectivity index (χ1v) is 8.53. The summed E-state index contributed by atoms with van der Waals surface area (Å²) >= 11 is 0. The number of piperazine rings is 1. The van der Waals surface area contributed by atoms with Gasteiger partial charge in [-0.2, -0.15) is 0 Å². The van der Waals surface area contributed by atoms with E-state index in [1.165, 1.54) is 11.3 Å². The van der Waals surface area contributed by atoms with Gasteiger partial charge in [-0.25, -0.2) is 0 Å². The number of hydrogen-bond acceptors (Lipinski definition) is 2. The Morgan fingerprint density at radius 1 is 1.12 bits per heavy atom. The number of benzene rings is 2. The fraction of sp³-hybridized carbons (Fsp3) is 0.350. The molecule has 1 aliphatic heterocycles. The Kier molecular flexibility index (Phi) is 4.97. The van der Waals surface area contributed by atoms with Gasteiger partial charge >= 0.3 is 0 Å². The highest BCUT2D eigenvalue weighted by Gasteiger charge is 2.38. The minimum Gasteiger partial charge on any atom is -0.369 e. The third-order valence-electron chi connectivity index (χ3n) is 5.06. The average Bonchev–Trinajstić information content (AvgIpc) is 2.59. The lowest BCUT2D eigenvalue weighted by molar-refractivity contribution is -0.120. The summed E-state index contributed by atoms with van der Waals surface area (Å²) in [5.74, 6) is -0.246. The smallest absolute Gasteiger partial charge is 0.231 e. The van der Waals surface area contributed by atoms with Crippen LogP contribution in [0, 0.1) is 0 Å². The molecule has 0 radical (unpaired) electrons. The van der Waals surface area contributed by atoms with Gasteiger partial charge < -0.3 is 5.73 Å². The van der Waals surface area contributed by atoms with Crippen LogP contribution in [-0.4, -0.2) is 50.1 Å². The molecule has 1 saturated heterocycles. The van der Waals surface area contributed by atoms with Crippen molar-refractivity contribution >= 4 is 11.6 Å². The number of nitrogens with two attached hydrogens (primary N) is 1. The number of primary amides is 1. The minimum absolute atomic E-state index is 0.246. The normalized spacial score (nSPS) is 24.6. The molecular formula is C20H26N3O+. The molecule has 1 heterocycles. The lowest BCUT2D eigenvalue weighted by atomic mass is 10.00. The van der Waals surface area contributed by atoms with E-state index in [0.29, 0.717) is 12.6 Å². The number of hydrogen-bond donors (Lipinski definition) is 1. The number of carbonyl (C=O) groups is 1. The minimum atomic E-state index is -0.246. The Hall–Kier alpha value is -2.17. The zero-order valence-electron chi connectivity index (χ0n) is 14.3. The molecule has 3 rings (SSSR count). The van der Waals surface area contributed by atoms with Crippen LogP contribution in [0.3, 0.4) is 0 Å². The molecule has 4 nitrogen and oxygen atoms in total. The van der Waals surface area contributed by atoms with E-state index in [2.05, 4.69) is 66.5 Å². The van der Waals surface area contributed by atoms with Gasteiger partial charge in [0.05, 0.1) is 32.7 Å². The number of rotatable bonds is 5. The number of para-hydroxylation sites is 1. The first-order valence-electron chi connectivity index (χ1n) is 8.53. The van der Waals surface area contributed by atoms with Crippen molar-refractivity contribution in [3.63, 3.8) is 0 Å². The summed E-state index contributed by atoms with van der Waals surface area (Å²) in [6.07, 6.45) is 0.939. The number of carbonyl (C=O) groups excluding carboxylic acids is 1. The van der Waals surface area contributed by atoms with Gasteiger partial charge in [0, 0.05) is 6.54 Å². The highest BCUT2D eigenvalue weighted by atomic mass is 16.1. The van der Waals surface area contributed by atoms with Gasteiger partial charge in [-0.15, -0.1) is 0 Å². The average molecular weight is 324 g/mol. The maximum absolute atomic E-state index is 11.5. The number of amides is 1. The molecule has 2 atom stereocenters. The first-order chi connectivity index (χ1) is 11.6. The Bertz CT molecular complexity index is 674. The summed E-state index contributed by atoms with van der Waals surface area (Å²) < 4.78 is 0.896. The maximum atomic E-state index is 11.5. The van der Waals surface area contributed by atoms with E-state index in [1.807, 2.05) is 6.07 Å². The van der Waals surface area contributed by atoms with Crippen molar-refractivity contribution in [2.45, 2.75) is 12.5 Å². The van der Waals surface area contributed by atoms with Crippen LogP contribution < -0.4 is 10.2 Å². The summed E-state index contributed by atoms with van der Waals surface area (Å²) in [4.78, 5) is 13.7. The van der Waals surface area contributed by atoms with Gasteiger partial charge in [-0.05, 0) is 24.1 Å².